The number of para-hydroxylation sites is 1. The van der Waals surface area contributed by atoms with Crippen LogP contribution in [0.25, 0.3) is 11.4 Å². The van der Waals surface area contributed by atoms with Crippen LogP contribution < -0.4 is 10.1 Å². The summed E-state index contributed by atoms with van der Waals surface area (Å²) in [6, 6.07) is 11.6. The Labute approximate surface area is 167 Å². The van der Waals surface area contributed by atoms with E-state index in [1.165, 1.54) is 11.8 Å². The zero-order chi connectivity index (χ0) is 19.3. The number of carbonyl (C=O) groups excluding carboxylic acids is 1. The Morgan fingerprint density at radius 3 is 2.89 bits per heavy atom. The number of ether oxygens (including phenoxy) is 1. The summed E-state index contributed by atoms with van der Waals surface area (Å²) in [6.45, 7) is 3.37. The lowest BCUT2D eigenvalue weighted by molar-refractivity contribution is -0.119. The Kier molecular flexibility index (Phi) is 5.57. The van der Waals surface area contributed by atoms with E-state index in [1.807, 2.05) is 47.9 Å². The zero-order valence-corrected chi connectivity index (χ0v) is 16.4. The number of rotatable bonds is 6. The number of pyridine rings is 1. The molecule has 0 fully saturated rings. The van der Waals surface area contributed by atoms with Crippen LogP contribution >= 0.6 is 11.8 Å². The number of carbonyl (C=O) groups is 1. The van der Waals surface area contributed by atoms with Gasteiger partial charge in [0.15, 0.2) is 11.0 Å². The molecule has 28 heavy (non-hydrogen) atoms. The first-order valence-electron chi connectivity index (χ1n) is 9.23. The van der Waals surface area contributed by atoms with Crippen LogP contribution in [0.3, 0.4) is 0 Å². The average Bonchev–Trinajstić information content (AvgIpc) is 3.16. The van der Waals surface area contributed by atoms with Gasteiger partial charge in [-0.15, -0.1) is 10.2 Å². The maximum atomic E-state index is 12.5. The van der Waals surface area contributed by atoms with Gasteiger partial charge in [-0.25, -0.2) is 0 Å². The van der Waals surface area contributed by atoms with Crippen molar-refractivity contribution in [2.45, 2.75) is 31.1 Å². The van der Waals surface area contributed by atoms with E-state index in [0.717, 1.165) is 40.8 Å². The smallest absolute Gasteiger partial charge is 0.230 e. The number of amides is 1. The molecule has 0 spiro atoms. The molecule has 7 nitrogen and oxygen atoms in total. The van der Waals surface area contributed by atoms with Crippen molar-refractivity contribution in [3.63, 3.8) is 0 Å². The Balaban J connectivity index is 1.41. The minimum atomic E-state index is -0.0252. The highest BCUT2D eigenvalue weighted by Gasteiger charge is 2.23. The largest absolute Gasteiger partial charge is 0.493 e. The second-order valence-corrected chi connectivity index (χ2v) is 7.31. The fourth-order valence-corrected chi connectivity index (χ4v) is 4.07. The molecule has 2 aromatic heterocycles. The van der Waals surface area contributed by atoms with Gasteiger partial charge in [-0.3, -0.25) is 9.78 Å². The van der Waals surface area contributed by atoms with Crippen LogP contribution in [0.15, 0.2) is 53.9 Å². The molecule has 0 saturated carbocycles. The molecule has 1 atom stereocenters. The minimum Gasteiger partial charge on any atom is -0.493 e. The molecule has 1 aliphatic rings. The molecular formula is C20H21N5O2S. The van der Waals surface area contributed by atoms with Crippen LogP contribution in [0.2, 0.25) is 0 Å². The van der Waals surface area contributed by atoms with E-state index < -0.39 is 0 Å². The molecule has 1 N–H and O–H groups in total. The fourth-order valence-electron chi connectivity index (χ4n) is 3.25. The summed E-state index contributed by atoms with van der Waals surface area (Å²) in [4.78, 5) is 16.6. The lowest BCUT2D eigenvalue weighted by atomic mass is 10.0. The van der Waals surface area contributed by atoms with E-state index in [4.69, 9.17) is 4.74 Å². The highest BCUT2D eigenvalue weighted by molar-refractivity contribution is 7.99. The van der Waals surface area contributed by atoms with Gasteiger partial charge in [0.25, 0.3) is 0 Å². The topological polar surface area (TPSA) is 81.9 Å². The van der Waals surface area contributed by atoms with Crippen LogP contribution in [-0.2, 0) is 11.3 Å². The van der Waals surface area contributed by atoms with Crippen LogP contribution in [0.5, 0.6) is 5.75 Å². The van der Waals surface area contributed by atoms with E-state index >= 15 is 0 Å². The van der Waals surface area contributed by atoms with Crippen LogP contribution in [0.4, 0.5) is 0 Å². The predicted molar refractivity (Wildman–Crippen MR) is 107 cm³/mol. The number of nitrogens with zero attached hydrogens (tertiary/aromatic N) is 4. The summed E-state index contributed by atoms with van der Waals surface area (Å²) in [5, 5.41) is 12.4. The van der Waals surface area contributed by atoms with Crippen molar-refractivity contribution in [1.82, 2.24) is 25.1 Å². The van der Waals surface area contributed by atoms with Gasteiger partial charge in [0.2, 0.25) is 5.91 Å². The van der Waals surface area contributed by atoms with Gasteiger partial charge in [0.1, 0.15) is 5.75 Å². The van der Waals surface area contributed by atoms with Gasteiger partial charge in [-0.05, 0) is 25.1 Å². The van der Waals surface area contributed by atoms with Crippen molar-refractivity contribution in [3.05, 3.63) is 54.4 Å². The summed E-state index contributed by atoms with van der Waals surface area (Å²) < 4.78 is 7.67. The zero-order valence-electron chi connectivity index (χ0n) is 15.5. The Morgan fingerprint density at radius 2 is 2.07 bits per heavy atom. The van der Waals surface area contributed by atoms with Crippen LogP contribution in [-0.4, -0.2) is 38.0 Å². The highest BCUT2D eigenvalue weighted by atomic mass is 32.2. The van der Waals surface area contributed by atoms with E-state index in [-0.39, 0.29) is 17.7 Å². The third kappa shape index (κ3) is 3.87. The molecule has 1 amide bonds. The van der Waals surface area contributed by atoms with Crippen molar-refractivity contribution in [1.29, 1.82) is 0 Å². The molecule has 1 aromatic carbocycles. The van der Waals surface area contributed by atoms with Crippen molar-refractivity contribution in [3.8, 4) is 17.1 Å². The lowest BCUT2D eigenvalue weighted by Gasteiger charge is -2.26. The summed E-state index contributed by atoms with van der Waals surface area (Å²) >= 11 is 1.40. The van der Waals surface area contributed by atoms with Crippen molar-refractivity contribution < 1.29 is 9.53 Å². The van der Waals surface area contributed by atoms with Crippen molar-refractivity contribution in [2.24, 2.45) is 0 Å². The highest BCUT2D eigenvalue weighted by Crippen LogP contribution is 2.31. The minimum absolute atomic E-state index is 0.0190. The first kappa shape index (κ1) is 18.5. The average molecular weight is 395 g/mol. The number of aromatic nitrogens is 4. The van der Waals surface area contributed by atoms with Gasteiger partial charge in [-0.1, -0.05) is 30.0 Å². The van der Waals surface area contributed by atoms with Gasteiger partial charge < -0.3 is 14.6 Å². The van der Waals surface area contributed by atoms with E-state index in [2.05, 4.69) is 20.5 Å². The lowest BCUT2D eigenvalue weighted by Crippen LogP contribution is -2.33. The maximum absolute atomic E-state index is 12.5. The van der Waals surface area contributed by atoms with E-state index in [0.29, 0.717) is 6.61 Å². The molecule has 8 heteroatoms. The maximum Gasteiger partial charge on any atom is 0.230 e. The SMILES string of the molecule is CCn1c(SCC(=O)NC2CCOc3ccccc32)nnc1-c1ccncc1. The Morgan fingerprint density at radius 1 is 1.25 bits per heavy atom. The van der Waals surface area contributed by atoms with Gasteiger partial charge in [0, 0.05) is 36.5 Å². The van der Waals surface area contributed by atoms with Crippen molar-refractivity contribution in [2.75, 3.05) is 12.4 Å². The predicted octanol–water partition coefficient (Wildman–Crippen LogP) is 3.09. The summed E-state index contributed by atoms with van der Waals surface area (Å²) in [6.07, 6.45) is 4.23. The third-order valence-corrected chi connectivity index (χ3v) is 5.56. The normalized spacial score (nSPS) is 15.5. The number of benzene rings is 1. The molecule has 0 aliphatic carbocycles. The molecule has 3 aromatic rings. The molecule has 4 rings (SSSR count). The van der Waals surface area contributed by atoms with Crippen LogP contribution in [0.1, 0.15) is 24.9 Å². The number of hydrogen-bond donors (Lipinski definition) is 1. The number of fused-ring (bicyclic) bond motifs is 1. The first-order valence-corrected chi connectivity index (χ1v) is 10.2. The second kappa shape index (κ2) is 8.43. The van der Waals surface area contributed by atoms with Gasteiger partial charge in [0.05, 0.1) is 18.4 Å². The third-order valence-electron chi connectivity index (χ3n) is 4.60. The Hall–Kier alpha value is -2.87. The summed E-state index contributed by atoms with van der Waals surface area (Å²) in [5.41, 5.74) is 1.99. The molecular weight excluding hydrogens is 374 g/mol. The quantitative estimate of drug-likeness (QED) is 0.646. The van der Waals surface area contributed by atoms with E-state index in [9.17, 15) is 4.79 Å². The molecule has 1 unspecified atom stereocenters. The van der Waals surface area contributed by atoms with Gasteiger partial charge in [-0.2, -0.15) is 0 Å². The Bertz CT molecular complexity index is 960. The number of nitrogens with one attached hydrogen (secondary N) is 1. The monoisotopic (exact) mass is 395 g/mol. The standard InChI is InChI=1S/C20H21N5O2S/c1-2-25-19(14-7-10-21-11-8-14)23-24-20(25)28-13-18(26)22-16-9-12-27-17-6-4-3-5-15(16)17/h3-8,10-11,16H,2,9,12-13H2,1H3,(H,22,26). The number of thioether (sulfide) groups is 1. The summed E-state index contributed by atoms with van der Waals surface area (Å²) in [5.74, 6) is 1.89. The summed E-state index contributed by atoms with van der Waals surface area (Å²) in [7, 11) is 0. The van der Waals surface area contributed by atoms with Gasteiger partial charge >= 0.3 is 0 Å². The fraction of sp³-hybridized carbons (Fsp3) is 0.300. The van der Waals surface area contributed by atoms with Crippen LogP contribution in [0, 0.1) is 0 Å². The molecule has 144 valence electrons. The van der Waals surface area contributed by atoms with Crippen molar-refractivity contribution >= 4 is 17.7 Å². The molecule has 0 radical (unpaired) electrons. The molecule has 0 saturated heterocycles. The first-order chi connectivity index (χ1) is 13.8. The number of hydrogen-bond acceptors (Lipinski definition) is 6. The molecule has 3 heterocycles. The second-order valence-electron chi connectivity index (χ2n) is 6.37. The molecule has 1 aliphatic heterocycles. The molecule has 0 bridgehead atoms. The van der Waals surface area contributed by atoms with E-state index in [1.54, 1.807) is 12.4 Å².